The average molecular weight is 337 g/mol. The molecule has 118 valence electrons. The van der Waals surface area contributed by atoms with Crippen LogP contribution >= 0.6 is 11.3 Å². The third kappa shape index (κ3) is 3.08. The molecule has 0 aliphatic carbocycles. The van der Waals surface area contributed by atoms with E-state index in [9.17, 15) is 8.42 Å². The third-order valence-electron chi connectivity index (χ3n) is 4.12. The second-order valence-electron chi connectivity index (χ2n) is 5.36. The smallest absolute Gasteiger partial charge is 0.244 e. The SMILES string of the molecule is C[C@H](c1ccsc1)N1CCN(S(=O)(=O)c2cccnc2)CC1. The normalized spacial score (nSPS) is 19.1. The van der Waals surface area contributed by atoms with E-state index in [2.05, 4.69) is 33.6 Å². The molecule has 1 saturated heterocycles. The second kappa shape index (κ2) is 6.45. The Balaban J connectivity index is 1.67. The summed E-state index contributed by atoms with van der Waals surface area (Å²) in [5.74, 6) is 0. The van der Waals surface area contributed by atoms with Crippen molar-refractivity contribution in [2.75, 3.05) is 26.2 Å². The van der Waals surface area contributed by atoms with Crippen LogP contribution in [-0.4, -0.2) is 48.8 Å². The molecule has 0 amide bonds. The first-order valence-electron chi connectivity index (χ1n) is 7.25. The molecule has 22 heavy (non-hydrogen) atoms. The molecule has 3 heterocycles. The van der Waals surface area contributed by atoms with Gasteiger partial charge in [0.25, 0.3) is 0 Å². The zero-order valence-electron chi connectivity index (χ0n) is 12.4. The summed E-state index contributed by atoms with van der Waals surface area (Å²) in [7, 11) is -3.42. The van der Waals surface area contributed by atoms with Crippen LogP contribution in [0.5, 0.6) is 0 Å². The molecule has 3 rings (SSSR count). The van der Waals surface area contributed by atoms with Gasteiger partial charge in [-0.25, -0.2) is 8.42 Å². The van der Waals surface area contributed by atoms with Gasteiger partial charge in [-0.1, -0.05) is 0 Å². The van der Waals surface area contributed by atoms with Gasteiger partial charge in [0, 0.05) is 44.6 Å². The van der Waals surface area contributed by atoms with E-state index in [0.717, 1.165) is 13.1 Å². The molecule has 0 bridgehead atoms. The zero-order chi connectivity index (χ0) is 15.6. The lowest BCUT2D eigenvalue weighted by atomic mass is 10.1. The standard InChI is InChI=1S/C15H19N3O2S2/c1-13(14-4-10-21-12-14)17-6-8-18(9-7-17)22(19,20)15-3-2-5-16-11-15/h2-5,10-13H,6-9H2,1H3/t13-/m1/s1. The van der Waals surface area contributed by atoms with Crippen LogP contribution in [0.1, 0.15) is 18.5 Å². The van der Waals surface area contributed by atoms with E-state index in [1.165, 1.54) is 11.8 Å². The molecular weight excluding hydrogens is 318 g/mol. The molecule has 1 fully saturated rings. The fourth-order valence-corrected chi connectivity index (χ4v) is 4.84. The van der Waals surface area contributed by atoms with E-state index in [0.29, 0.717) is 19.1 Å². The summed E-state index contributed by atoms with van der Waals surface area (Å²) in [6, 6.07) is 5.72. The lowest BCUT2D eigenvalue weighted by Gasteiger charge is -2.37. The first-order chi connectivity index (χ1) is 10.6. The highest BCUT2D eigenvalue weighted by atomic mass is 32.2. The van der Waals surface area contributed by atoms with Crippen molar-refractivity contribution >= 4 is 21.4 Å². The summed E-state index contributed by atoms with van der Waals surface area (Å²) < 4.78 is 26.7. The third-order valence-corrected chi connectivity index (χ3v) is 6.70. The van der Waals surface area contributed by atoms with Crippen LogP contribution in [0.15, 0.2) is 46.2 Å². The van der Waals surface area contributed by atoms with Gasteiger partial charge >= 0.3 is 0 Å². The highest BCUT2D eigenvalue weighted by molar-refractivity contribution is 7.89. The molecule has 1 aliphatic rings. The number of thiophene rings is 1. The lowest BCUT2D eigenvalue weighted by Crippen LogP contribution is -2.49. The molecule has 0 unspecified atom stereocenters. The number of rotatable bonds is 4. The molecule has 0 aromatic carbocycles. The van der Waals surface area contributed by atoms with Gasteiger partial charge < -0.3 is 0 Å². The van der Waals surface area contributed by atoms with Crippen LogP contribution in [0.2, 0.25) is 0 Å². The molecule has 0 saturated carbocycles. The van der Waals surface area contributed by atoms with Gasteiger partial charge in [-0.15, -0.1) is 0 Å². The maximum Gasteiger partial charge on any atom is 0.244 e. The number of sulfonamides is 1. The van der Waals surface area contributed by atoms with Gasteiger partial charge in [-0.05, 0) is 41.4 Å². The van der Waals surface area contributed by atoms with Gasteiger partial charge in [-0.2, -0.15) is 15.6 Å². The molecular formula is C15H19N3O2S2. The number of nitrogens with zero attached hydrogens (tertiary/aromatic N) is 3. The Bertz CT molecular complexity index is 694. The van der Waals surface area contributed by atoms with E-state index in [1.807, 2.05) is 0 Å². The summed E-state index contributed by atoms with van der Waals surface area (Å²) in [5, 5.41) is 4.23. The molecule has 0 spiro atoms. The van der Waals surface area contributed by atoms with Crippen LogP contribution in [-0.2, 0) is 10.0 Å². The van der Waals surface area contributed by atoms with E-state index >= 15 is 0 Å². The van der Waals surface area contributed by atoms with Gasteiger partial charge in [0.05, 0.1) is 0 Å². The maximum absolute atomic E-state index is 12.6. The van der Waals surface area contributed by atoms with E-state index in [4.69, 9.17) is 0 Å². The molecule has 1 atom stereocenters. The summed E-state index contributed by atoms with van der Waals surface area (Å²) in [6.07, 6.45) is 3.00. The van der Waals surface area contributed by atoms with Gasteiger partial charge in [-0.3, -0.25) is 9.88 Å². The van der Waals surface area contributed by atoms with Crippen molar-refractivity contribution in [3.8, 4) is 0 Å². The van der Waals surface area contributed by atoms with Crippen molar-refractivity contribution < 1.29 is 8.42 Å². The Morgan fingerprint density at radius 3 is 2.59 bits per heavy atom. The van der Waals surface area contributed by atoms with E-state index in [1.54, 1.807) is 34.0 Å². The predicted octanol–water partition coefficient (Wildman–Crippen LogP) is 2.21. The molecule has 0 N–H and O–H groups in total. The Morgan fingerprint density at radius 2 is 2.00 bits per heavy atom. The summed E-state index contributed by atoms with van der Waals surface area (Å²) in [5.41, 5.74) is 1.30. The number of aromatic nitrogens is 1. The fraction of sp³-hybridized carbons (Fsp3) is 0.400. The number of hydrogen-bond donors (Lipinski definition) is 0. The Hall–Kier alpha value is -1.28. The molecule has 1 aliphatic heterocycles. The van der Waals surface area contributed by atoms with Crippen molar-refractivity contribution in [3.63, 3.8) is 0 Å². The second-order valence-corrected chi connectivity index (χ2v) is 8.08. The molecule has 2 aromatic rings. The Kier molecular flexibility index (Phi) is 4.58. The van der Waals surface area contributed by atoms with E-state index in [-0.39, 0.29) is 4.90 Å². The Morgan fingerprint density at radius 1 is 1.23 bits per heavy atom. The van der Waals surface area contributed by atoms with Crippen molar-refractivity contribution in [1.29, 1.82) is 0 Å². The highest BCUT2D eigenvalue weighted by Gasteiger charge is 2.30. The van der Waals surface area contributed by atoms with Crippen LogP contribution in [0, 0.1) is 0 Å². The van der Waals surface area contributed by atoms with Crippen LogP contribution in [0.3, 0.4) is 0 Å². The quantitative estimate of drug-likeness (QED) is 0.858. The van der Waals surface area contributed by atoms with Crippen molar-refractivity contribution in [2.45, 2.75) is 17.9 Å². The first kappa shape index (κ1) is 15.6. The van der Waals surface area contributed by atoms with Crippen LogP contribution in [0.25, 0.3) is 0 Å². The molecule has 7 heteroatoms. The fourth-order valence-electron chi connectivity index (χ4n) is 2.70. The minimum Gasteiger partial charge on any atom is -0.294 e. The highest BCUT2D eigenvalue weighted by Crippen LogP contribution is 2.25. The van der Waals surface area contributed by atoms with Crippen molar-refractivity contribution in [2.24, 2.45) is 0 Å². The summed E-state index contributed by atoms with van der Waals surface area (Å²) in [6.45, 7) is 4.71. The average Bonchev–Trinajstić information content (AvgIpc) is 3.09. The van der Waals surface area contributed by atoms with Gasteiger partial charge in [0.1, 0.15) is 4.90 Å². The molecule has 0 radical (unpaired) electrons. The van der Waals surface area contributed by atoms with Crippen LogP contribution < -0.4 is 0 Å². The molecule has 5 nitrogen and oxygen atoms in total. The van der Waals surface area contributed by atoms with Crippen LogP contribution in [0.4, 0.5) is 0 Å². The summed E-state index contributed by atoms with van der Waals surface area (Å²) >= 11 is 1.69. The zero-order valence-corrected chi connectivity index (χ0v) is 14.1. The minimum atomic E-state index is -3.42. The Labute approximate surface area is 135 Å². The van der Waals surface area contributed by atoms with E-state index < -0.39 is 10.0 Å². The minimum absolute atomic E-state index is 0.273. The van der Waals surface area contributed by atoms with Gasteiger partial charge in [0.15, 0.2) is 0 Å². The molecule has 2 aromatic heterocycles. The van der Waals surface area contributed by atoms with Crippen molar-refractivity contribution in [3.05, 3.63) is 46.9 Å². The largest absolute Gasteiger partial charge is 0.294 e. The van der Waals surface area contributed by atoms with Crippen molar-refractivity contribution in [1.82, 2.24) is 14.2 Å². The monoisotopic (exact) mass is 337 g/mol. The predicted molar refractivity (Wildman–Crippen MR) is 87.3 cm³/mol. The number of piperazine rings is 1. The lowest BCUT2D eigenvalue weighted by molar-refractivity contribution is 0.146. The topological polar surface area (TPSA) is 53.5 Å². The van der Waals surface area contributed by atoms with Gasteiger partial charge in [0.2, 0.25) is 10.0 Å². The summed E-state index contributed by atoms with van der Waals surface area (Å²) in [4.78, 5) is 6.51. The first-order valence-corrected chi connectivity index (χ1v) is 9.63. The number of pyridine rings is 1. The maximum atomic E-state index is 12.6. The number of hydrogen-bond acceptors (Lipinski definition) is 5.